The quantitative estimate of drug-likeness (QED) is 0.913. The third-order valence-electron chi connectivity index (χ3n) is 4.32. The fourth-order valence-electron chi connectivity index (χ4n) is 3.05. The van der Waals surface area contributed by atoms with Crippen molar-refractivity contribution in [3.05, 3.63) is 47.8 Å². The molecule has 1 amide bonds. The van der Waals surface area contributed by atoms with E-state index >= 15 is 0 Å². The van der Waals surface area contributed by atoms with Gasteiger partial charge in [-0.05, 0) is 30.2 Å². The highest BCUT2D eigenvalue weighted by Gasteiger charge is 2.29. The molecule has 3 rings (SSSR count). The second-order valence-corrected chi connectivity index (χ2v) is 5.96. The van der Waals surface area contributed by atoms with Crippen molar-refractivity contribution in [1.29, 1.82) is 0 Å². The summed E-state index contributed by atoms with van der Waals surface area (Å²) < 4.78 is 7.05. The van der Waals surface area contributed by atoms with E-state index in [-0.39, 0.29) is 11.9 Å². The first-order valence-electron chi connectivity index (χ1n) is 8.42. The van der Waals surface area contributed by atoms with Gasteiger partial charge >= 0.3 is 0 Å². The van der Waals surface area contributed by atoms with Gasteiger partial charge in [0, 0.05) is 32.4 Å². The van der Waals surface area contributed by atoms with Gasteiger partial charge in [-0.25, -0.2) is 0 Å². The Morgan fingerprint density at radius 3 is 2.83 bits per heavy atom. The maximum Gasteiger partial charge on any atom is 0.274 e. The molecule has 2 heterocycles. The Hall–Kier alpha value is -2.34. The van der Waals surface area contributed by atoms with Gasteiger partial charge in [0.15, 0.2) is 0 Å². The molecule has 6 nitrogen and oxygen atoms in total. The van der Waals surface area contributed by atoms with Crippen LogP contribution in [0, 0.1) is 0 Å². The van der Waals surface area contributed by atoms with E-state index < -0.39 is 0 Å². The molecule has 1 atom stereocenters. The topological polar surface area (TPSA) is 59.4 Å². The van der Waals surface area contributed by atoms with Gasteiger partial charge in [0.1, 0.15) is 11.4 Å². The van der Waals surface area contributed by atoms with Gasteiger partial charge in [0.05, 0.1) is 13.2 Å². The van der Waals surface area contributed by atoms with Crippen molar-refractivity contribution < 1.29 is 9.53 Å². The molecule has 0 aliphatic carbocycles. The molecule has 1 aliphatic heterocycles. The number of rotatable bonds is 5. The third-order valence-corrected chi connectivity index (χ3v) is 4.32. The Morgan fingerprint density at radius 1 is 1.33 bits per heavy atom. The van der Waals surface area contributed by atoms with Crippen LogP contribution in [0.2, 0.25) is 0 Å². The number of piperazine rings is 1. The van der Waals surface area contributed by atoms with Gasteiger partial charge in [-0.3, -0.25) is 9.48 Å². The van der Waals surface area contributed by atoms with Crippen LogP contribution in [0.1, 0.15) is 35.4 Å². The SMILES string of the molecule is CCCn1ccc(C(=O)N2CCNC[C@H]2c2ccc(OC)cc2)n1. The molecule has 0 bridgehead atoms. The number of nitrogens with one attached hydrogen (secondary N) is 1. The lowest BCUT2D eigenvalue weighted by Gasteiger charge is -2.36. The Morgan fingerprint density at radius 2 is 2.12 bits per heavy atom. The highest BCUT2D eigenvalue weighted by atomic mass is 16.5. The predicted molar refractivity (Wildman–Crippen MR) is 92.2 cm³/mol. The number of carbonyl (C=O) groups excluding carboxylic acids is 1. The minimum absolute atomic E-state index is 0.00725. The fraction of sp³-hybridized carbons (Fsp3) is 0.444. The first kappa shape index (κ1) is 16.5. The van der Waals surface area contributed by atoms with Gasteiger partial charge in [0.25, 0.3) is 5.91 Å². The lowest BCUT2D eigenvalue weighted by molar-refractivity contribution is 0.0627. The van der Waals surface area contributed by atoms with Crippen LogP contribution >= 0.6 is 0 Å². The number of amides is 1. The Labute approximate surface area is 142 Å². The molecule has 1 aromatic heterocycles. The third kappa shape index (κ3) is 3.43. The molecule has 1 aliphatic rings. The summed E-state index contributed by atoms with van der Waals surface area (Å²) in [5.74, 6) is 0.811. The second kappa shape index (κ2) is 7.49. The lowest BCUT2D eigenvalue weighted by Crippen LogP contribution is -2.48. The summed E-state index contributed by atoms with van der Waals surface area (Å²) in [4.78, 5) is 14.8. The molecule has 0 radical (unpaired) electrons. The first-order valence-corrected chi connectivity index (χ1v) is 8.42. The summed E-state index contributed by atoms with van der Waals surface area (Å²) in [6, 6.07) is 9.73. The molecular weight excluding hydrogens is 304 g/mol. The average Bonchev–Trinajstić information content (AvgIpc) is 3.10. The van der Waals surface area contributed by atoms with Crippen molar-refractivity contribution in [2.24, 2.45) is 0 Å². The number of benzene rings is 1. The van der Waals surface area contributed by atoms with Crippen molar-refractivity contribution in [1.82, 2.24) is 20.0 Å². The summed E-state index contributed by atoms with van der Waals surface area (Å²) in [6.45, 7) is 5.15. The minimum atomic E-state index is -0.00725. The van der Waals surface area contributed by atoms with Crippen LogP contribution in [0.25, 0.3) is 0 Å². The van der Waals surface area contributed by atoms with Crippen LogP contribution in [0.3, 0.4) is 0 Å². The zero-order valence-corrected chi connectivity index (χ0v) is 14.2. The van der Waals surface area contributed by atoms with Crippen molar-refractivity contribution in [2.45, 2.75) is 25.9 Å². The van der Waals surface area contributed by atoms with Crippen LogP contribution in [-0.4, -0.2) is 47.3 Å². The van der Waals surface area contributed by atoms with E-state index in [1.165, 1.54) is 0 Å². The van der Waals surface area contributed by atoms with E-state index in [1.807, 2.05) is 46.1 Å². The number of carbonyl (C=O) groups is 1. The van der Waals surface area contributed by atoms with E-state index in [4.69, 9.17) is 4.74 Å². The van der Waals surface area contributed by atoms with E-state index in [2.05, 4.69) is 17.3 Å². The lowest BCUT2D eigenvalue weighted by atomic mass is 10.0. The summed E-state index contributed by atoms with van der Waals surface area (Å²) in [5, 5.41) is 7.79. The highest BCUT2D eigenvalue weighted by Crippen LogP contribution is 2.25. The molecule has 1 aromatic carbocycles. The smallest absolute Gasteiger partial charge is 0.274 e. The maximum atomic E-state index is 12.9. The van der Waals surface area contributed by atoms with Crippen LogP contribution < -0.4 is 10.1 Å². The molecule has 2 aromatic rings. The van der Waals surface area contributed by atoms with Crippen LogP contribution in [0.4, 0.5) is 0 Å². The number of aromatic nitrogens is 2. The molecule has 6 heteroatoms. The van der Waals surface area contributed by atoms with E-state index in [1.54, 1.807) is 7.11 Å². The normalized spacial score (nSPS) is 17.8. The fourth-order valence-corrected chi connectivity index (χ4v) is 3.05. The zero-order valence-electron chi connectivity index (χ0n) is 14.2. The Bertz CT molecular complexity index is 681. The van der Waals surface area contributed by atoms with Crippen molar-refractivity contribution in [2.75, 3.05) is 26.7 Å². The summed E-state index contributed by atoms with van der Waals surface area (Å²) >= 11 is 0. The largest absolute Gasteiger partial charge is 0.497 e. The number of aryl methyl sites for hydroxylation is 1. The van der Waals surface area contributed by atoms with Crippen LogP contribution in [0.15, 0.2) is 36.5 Å². The molecular formula is C18H24N4O2. The molecule has 24 heavy (non-hydrogen) atoms. The zero-order chi connectivity index (χ0) is 16.9. The minimum Gasteiger partial charge on any atom is -0.497 e. The Balaban J connectivity index is 1.81. The van der Waals surface area contributed by atoms with Crippen LogP contribution in [-0.2, 0) is 6.54 Å². The average molecular weight is 328 g/mol. The number of ether oxygens (including phenoxy) is 1. The maximum absolute atomic E-state index is 12.9. The van der Waals surface area contributed by atoms with Gasteiger partial charge in [-0.2, -0.15) is 5.10 Å². The highest BCUT2D eigenvalue weighted by molar-refractivity contribution is 5.92. The van der Waals surface area contributed by atoms with Gasteiger partial charge in [-0.15, -0.1) is 0 Å². The molecule has 128 valence electrons. The molecule has 0 spiro atoms. The monoisotopic (exact) mass is 328 g/mol. The van der Waals surface area contributed by atoms with E-state index in [0.29, 0.717) is 12.2 Å². The standard InChI is InChI=1S/C18H24N4O2/c1-3-10-21-11-8-16(20-21)18(23)22-12-9-19-13-17(22)14-4-6-15(24-2)7-5-14/h4-8,11,17,19H,3,9-10,12-13H2,1-2H3/t17-/m0/s1. The van der Waals surface area contributed by atoms with Crippen molar-refractivity contribution in [3.8, 4) is 5.75 Å². The predicted octanol–water partition coefficient (Wildman–Crippen LogP) is 2.09. The van der Waals surface area contributed by atoms with Gasteiger partial charge < -0.3 is 15.0 Å². The molecule has 0 saturated carbocycles. The Kier molecular flexibility index (Phi) is 5.15. The van der Waals surface area contributed by atoms with E-state index in [9.17, 15) is 4.79 Å². The molecule has 1 saturated heterocycles. The summed E-state index contributed by atoms with van der Waals surface area (Å²) in [5.41, 5.74) is 1.62. The second-order valence-electron chi connectivity index (χ2n) is 5.96. The molecule has 1 N–H and O–H groups in total. The molecule has 1 fully saturated rings. The number of nitrogens with zero attached hydrogens (tertiary/aromatic N) is 3. The number of hydrogen-bond donors (Lipinski definition) is 1. The van der Waals surface area contributed by atoms with Gasteiger partial charge in [-0.1, -0.05) is 19.1 Å². The van der Waals surface area contributed by atoms with Crippen molar-refractivity contribution in [3.63, 3.8) is 0 Å². The van der Waals surface area contributed by atoms with E-state index in [0.717, 1.165) is 37.4 Å². The summed E-state index contributed by atoms with van der Waals surface area (Å²) in [6.07, 6.45) is 2.87. The van der Waals surface area contributed by atoms with Gasteiger partial charge in [0.2, 0.25) is 0 Å². The first-order chi connectivity index (χ1) is 11.7. The summed E-state index contributed by atoms with van der Waals surface area (Å²) in [7, 11) is 1.65. The number of methoxy groups -OCH3 is 1. The van der Waals surface area contributed by atoms with Crippen LogP contribution in [0.5, 0.6) is 5.75 Å². The molecule has 0 unspecified atom stereocenters. The van der Waals surface area contributed by atoms with Crippen molar-refractivity contribution >= 4 is 5.91 Å². The number of hydrogen-bond acceptors (Lipinski definition) is 4.